The third kappa shape index (κ3) is 7.49. The summed E-state index contributed by atoms with van der Waals surface area (Å²) >= 11 is 0. The Balaban J connectivity index is 0.00000364. The predicted octanol–water partition coefficient (Wildman–Crippen LogP) is 3.65. The van der Waals surface area contributed by atoms with Crippen LogP contribution in [0.25, 0.3) is 0 Å². The monoisotopic (exact) mass is 392 g/mol. The van der Waals surface area contributed by atoms with Crippen molar-refractivity contribution >= 4 is 18.3 Å². The first-order valence-corrected chi connectivity index (χ1v) is 9.09. The van der Waals surface area contributed by atoms with E-state index in [4.69, 9.17) is 15.2 Å². The number of ether oxygens (including phenoxy) is 2. The Labute approximate surface area is 167 Å². The average molecular weight is 393 g/mol. The van der Waals surface area contributed by atoms with Crippen molar-refractivity contribution in [2.75, 3.05) is 19.8 Å². The van der Waals surface area contributed by atoms with Crippen molar-refractivity contribution in [3.63, 3.8) is 0 Å². The van der Waals surface area contributed by atoms with E-state index < -0.39 is 0 Å². The number of benzene rings is 2. The van der Waals surface area contributed by atoms with Gasteiger partial charge in [-0.25, -0.2) is 0 Å². The molecule has 5 nitrogen and oxygen atoms in total. The fraction of sp³-hybridized carbons (Fsp3) is 0.381. The van der Waals surface area contributed by atoms with Crippen molar-refractivity contribution in [2.45, 2.75) is 32.7 Å². The highest BCUT2D eigenvalue weighted by molar-refractivity contribution is 5.85. The SMILES string of the molecule is CCOc1ccc(CCNC(=O)CC(N)c2ccccc2)cc1OCC.Cl. The molecule has 1 atom stereocenters. The molecule has 2 aromatic rings. The zero-order valence-electron chi connectivity index (χ0n) is 15.9. The lowest BCUT2D eigenvalue weighted by Crippen LogP contribution is -2.29. The van der Waals surface area contributed by atoms with Gasteiger partial charge in [0, 0.05) is 19.0 Å². The molecule has 0 spiro atoms. The third-order valence-corrected chi connectivity index (χ3v) is 3.98. The topological polar surface area (TPSA) is 73.6 Å². The maximum absolute atomic E-state index is 12.1. The van der Waals surface area contributed by atoms with Gasteiger partial charge < -0.3 is 20.5 Å². The second-order valence-electron chi connectivity index (χ2n) is 5.97. The Hall–Kier alpha value is -2.24. The molecule has 27 heavy (non-hydrogen) atoms. The second kappa shape index (κ2) is 12.2. The minimum absolute atomic E-state index is 0. The van der Waals surface area contributed by atoms with Gasteiger partial charge in [-0.3, -0.25) is 4.79 Å². The van der Waals surface area contributed by atoms with E-state index in [2.05, 4.69) is 5.32 Å². The summed E-state index contributed by atoms with van der Waals surface area (Å²) in [6, 6.07) is 15.3. The van der Waals surface area contributed by atoms with Crippen molar-refractivity contribution in [1.82, 2.24) is 5.32 Å². The zero-order chi connectivity index (χ0) is 18.8. The first-order valence-electron chi connectivity index (χ1n) is 9.09. The molecule has 0 aliphatic heterocycles. The lowest BCUT2D eigenvalue weighted by molar-refractivity contribution is -0.121. The van der Waals surface area contributed by atoms with Crippen molar-refractivity contribution in [3.05, 3.63) is 59.7 Å². The van der Waals surface area contributed by atoms with Crippen LogP contribution in [0.3, 0.4) is 0 Å². The van der Waals surface area contributed by atoms with Gasteiger partial charge in [-0.15, -0.1) is 12.4 Å². The van der Waals surface area contributed by atoms with E-state index in [0.29, 0.717) is 19.8 Å². The first-order chi connectivity index (χ1) is 12.6. The summed E-state index contributed by atoms with van der Waals surface area (Å²) in [7, 11) is 0. The molecule has 148 valence electrons. The van der Waals surface area contributed by atoms with Crippen molar-refractivity contribution in [3.8, 4) is 11.5 Å². The van der Waals surface area contributed by atoms with Gasteiger partial charge >= 0.3 is 0 Å². The first kappa shape index (κ1) is 22.8. The quantitative estimate of drug-likeness (QED) is 0.647. The molecule has 0 aliphatic rings. The number of hydrogen-bond acceptors (Lipinski definition) is 4. The van der Waals surface area contributed by atoms with E-state index in [1.807, 2.05) is 62.4 Å². The summed E-state index contributed by atoms with van der Waals surface area (Å²) in [4.78, 5) is 12.1. The molecule has 2 aromatic carbocycles. The minimum atomic E-state index is -0.286. The maximum atomic E-state index is 12.1. The molecule has 0 bridgehead atoms. The van der Waals surface area contributed by atoms with E-state index >= 15 is 0 Å². The van der Waals surface area contributed by atoms with Crippen LogP contribution in [0.4, 0.5) is 0 Å². The van der Waals surface area contributed by atoms with Crippen LogP contribution in [-0.2, 0) is 11.2 Å². The Morgan fingerprint density at radius 1 is 1.04 bits per heavy atom. The fourth-order valence-corrected chi connectivity index (χ4v) is 2.69. The molecule has 6 heteroatoms. The van der Waals surface area contributed by atoms with E-state index in [1.54, 1.807) is 0 Å². The summed E-state index contributed by atoms with van der Waals surface area (Å²) in [5.41, 5.74) is 8.14. The van der Waals surface area contributed by atoms with Crippen LogP contribution in [-0.4, -0.2) is 25.7 Å². The predicted molar refractivity (Wildman–Crippen MR) is 111 cm³/mol. The van der Waals surface area contributed by atoms with Gasteiger partial charge in [-0.1, -0.05) is 36.4 Å². The number of hydrogen-bond donors (Lipinski definition) is 2. The largest absolute Gasteiger partial charge is 0.490 e. The highest BCUT2D eigenvalue weighted by atomic mass is 35.5. The highest BCUT2D eigenvalue weighted by Gasteiger charge is 2.11. The Kier molecular flexibility index (Phi) is 10.3. The van der Waals surface area contributed by atoms with Crippen molar-refractivity contribution < 1.29 is 14.3 Å². The summed E-state index contributed by atoms with van der Waals surface area (Å²) in [6.07, 6.45) is 0.996. The van der Waals surface area contributed by atoms with Crippen LogP contribution >= 0.6 is 12.4 Å². The molecule has 0 heterocycles. The number of nitrogens with two attached hydrogens (primary N) is 1. The van der Waals surface area contributed by atoms with Crippen LogP contribution in [0.2, 0.25) is 0 Å². The molecule has 1 unspecified atom stereocenters. The summed E-state index contributed by atoms with van der Waals surface area (Å²) in [5, 5.41) is 2.93. The van der Waals surface area contributed by atoms with Crippen LogP contribution in [0.5, 0.6) is 11.5 Å². The van der Waals surface area contributed by atoms with Gasteiger partial charge in [0.2, 0.25) is 5.91 Å². The molecule has 2 rings (SSSR count). The molecule has 3 N–H and O–H groups in total. The zero-order valence-corrected chi connectivity index (χ0v) is 16.8. The van der Waals surface area contributed by atoms with Gasteiger partial charge in [0.25, 0.3) is 0 Å². The molecule has 0 aromatic heterocycles. The molecule has 0 radical (unpaired) electrons. The maximum Gasteiger partial charge on any atom is 0.221 e. The summed E-state index contributed by atoms with van der Waals surface area (Å²) < 4.78 is 11.2. The van der Waals surface area contributed by atoms with Crippen molar-refractivity contribution in [2.24, 2.45) is 5.73 Å². The average Bonchev–Trinajstić information content (AvgIpc) is 2.65. The van der Waals surface area contributed by atoms with Gasteiger partial charge in [-0.05, 0) is 43.5 Å². The number of rotatable bonds is 10. The minimum Gasteiger partial charge on any atom is -0.490 e. The molecular formula is C21H29ClN2O3. The number of nitrogens with one attached hydrogen (secondary N) is 1. The summed E-state index contributed by atoms with van der Waals surface area (Å²) in [6.45, 7) is 5.62. The molecule has 1 amide bonds. The number of halogens is 1. The van der Waals surface area contributed by atoms with E-state index in [0.717, 1.165) is 29.0 Å². The van der Waals surface area contributed by atoms with E-state index in [1.165, 1.54) is 0 Å². The molecule has 0 aliphatic carbocycles. The number of carbonyl (C=O) groups is 1. The Bertz CT molecular complexity index is 695. The van der Waals surface area contributed by atoms with Gasteiger partial charge in [0.15, 0.2) is 11.5 Å². The van der Waals surface area contributed by atoms with Crippen LogP contribution < -0.4 is 20.5 Å². The van der Waals surface area contributed by atoms with Crippen LogP contribution in [0.1, 0.15) is 37.4 Å². The summed E-state index contributed by atoms with van der Waals surface area (Å²) in [5.74, 6) is 1.44. The third-order valence-electron chi connectivity index (χ3n) is 3.98. The van der Waals surface area contributed by atoms with Crippen LogP contribution in [0, 0.1) is 0 Å². The Morgan fingerprint density at radius 2 is 1.70 bits per heavy atom. The van der Waals surface area contributed by atoms with E-state index in [-0.39, 0.29) is 30.8 Å². The van der Waals surface area contributed by atoms with Crippen molar-refractivity contribution in [1.29, 1.82) is 0 Å². The smallest absolute Gasteiger partial charge is 0.221 e. The fourth-order valence-electron chi connectivity index (χ4n) is 2.69. The second-order valence-corrected chi connectivity index (χ2v) is 5.97. The van der Waals surface area contributed by atoms with Crippen LogP contribution in [0.15, 0.2) is 48.5 Å². The lowest BCUT2D eigenvalue weighted by atomic mass is 10.0. The standard InChI is InChI=1S/C21H28N2O3.ClH/c1-3-25-19-11-10-16(14-20(19)26-4-2)12-13-23-21(24)15-18(22)17-8-6-5-7-9-17;/h5-11,14,18H,3-4,12-13,15,22H2,1-2H3,(H,23,24);1H. The van der Waals surface area contributed by atoms with Gasteiger partial charge in [0.05, 0.1) is 13.2 Å². The molecule has 0 saturated heterocycles. The highest BCUT2D eigenvalue weighted by Crippen LogP contribution is 2.28. The number of carbonyl (C=O) groups excluding carboxylic acids is 1. The van der Waals surface area contributed by atoms with E-state index in [9.17, 15) is 4.79 Å². The lowest BCUT2D eigenvalue weighted by Gasteiger charge is -2.14. The number of amides is 1. The molecule has 0 fully saturated rings. The molecular weight excluding hydrogens is 364 g/mol. The molecule has 0 saturated carbocycles. The Morgan fingerprint density at radius 3 is 2.37 bits per heavy atom. The normalized spacial score (nSPS) is 11.2. The van der Waals surface area contributed by atoms with Gasteiger partial charge in [-0.2, -0.15) is 0 Å². The van der Waals surface area contributed by atoms with Gasteiger partial charge in [0.1, 0.15) is 0 Å².